The standard InChI is InChI=1S/C28H38N8O2S/c1-19-16-21(10-11-23(19)35-14-12-34(4)13-15-35)30-27-29-17-22-26(32-27)36(20(2)28(22,3)18-37)25-9-7-8-24(31-25)33-39(5,6)38/h7-11,16-17,20,37H,12-15,18H2,1-6H3,(H,29,30,32)/t20-,28+/m1/s1. The van der Waals surface area contributed by atoms with Crippen LogP contribution < -0.4 is 15.1 Å². The fraction of sp³-hybridized carbons (Fsp3) is 0.464. The predicted octanol–water partition coefficient (Wildman–Crippen LogP) is 3.82. The number of piperazine rings is 1. The van der Waals surface area contributed by atoms with Crippen molar-refractivity contribution in [2.75, 3.05) is 67.5 Å². The van der Waals surface area contributed by atoms with Crippen LogP contribution in [0.5, 0.6) is 0 Å². The predicted molar refractivity (Wildman–Crippen MR) is 159 cm³/mol. The van der Waals surface area contributed by atoms with Crippen molar-refractivity contribution in [3.63, 3.8) is 0 Å². The minimum Gasteiger partial charge on any atom is -0.395 e. The zero-order valence-electron chi connectivity index (χ0n) is 23.5. The Bertz CT molecular complexity index is 1490. The number of anilines is 5. The van der Waals surface area contributed by atoms with E-state index in [1.165, 1.54) is 11.3 Å². The number of pyridine rings is 1. The van der Waals surface area contributed by atoms with Gasteiger partial charge in [-0.2, -0.15) is 9.35 Å². The van der Waals surface area contributed by atoms with Gasteiger partial charge in [0.25, 0.3) is 0 Å². The van der Waals surface area contributed by atoms with Crippen molar-refractivity contribution in [2.45, 2.75) is 32.2 Å². The van der Waals surface area contributed by atoms with E-state index in [9.17, 15) is 9.32 Å². The second-order valence-corrected chi connectivity index (χ2v) is 13.6. The van der Waals surface area contributed by atoms with Gasteiger partial charge in [0.05, 0.1) is 6.61 Å². The molecule has 0 spiro atoms. The zero-order chi connectivity index (χ0) is 27.9. The van der Waals surface area contributed by atoms with E-state index in [1.54, 1.807) is 24.8 Å². The fourth-order valence-electron chi connectivity index (χ4n) is 5.32. The number of fused-ring (bicyclic) bond motifs is 1. The number of benzene rings is 1. The Kier molecular flexibility index (Phi) is 7.25. The van der Waals surface area contributed by atoms with Gasteiger partial charge in [0.2, 0.25) is 5.95 Å². The molecule has 208 valence electrons. The summed E-state index contributed by atoms with van der Waals surface area (Å²) in [5.41, 5.74) is 3.62. The summed E-state index contributed by atoms with van der Waals surface area (Å²) >= 11 is 0. The molecule has 0 bridgehead atoms. The molecule has 0 aliphatic carbocycles. The van der Waals surface area contributed by atoms with Gasteiger partial charge in [-0.3, -0.25) is 0 Å². The summed E-state index contributed by atoms with van der Waals surface area (Å²) in [6.45, 7) is 10.3. The molecule has 1 fully saturated rings. The topological polar surface area (TPSA) is 110 Å². The van der Waals surface area contributed by atoms with Crippen molar-refractivity contribution in [3.8, 4) is 0 Å². The van der Waals surface area contributed by atoms with Crippen molar-refractivity contribution in [3.05, 3.63) is 53.7 Å². The molecule has 11 heteroatoms. The van der Waals surface area contributed by atoms with Crippen LogP contribution in [-0.2, 0) is 15.1 Å². The van der Waals surface area contributed by atoms with Gasteiger partial charge in [0, 0.05) is 83.0 Å². The number of rotatable bonds is 6. The molecule has 0 unspecified atom stereocenters. The number of nitrogens with one attached hydrogen (secondary N) is 1. The Balaban J connectivity index is 1.47. The first-order valence-electron chi connectivity index (χ1n) is 13.2. The highest BCUT2D eigenvalue weighted by Crippen LogP contribution is 2.47. The lowest BCUT2D eigenvalue weighted by molar-refractivity contribution is 0.194. The van der Waals surface area contributed by atoms with Crippen LogP contribution in [0.3, 0.4) is 0 Å². The Hall–Kier alpha value is -3.28. The molecule has 5 rings (SSSR count). The summed E-state index contributed by atoms with van der Waals surface area (Å²) in [6, 6.07) is 11.7. The molecule has 39 heavy (non-hydrogen) atoms. The first-order valence-corrected chi connectivity index (χ1v) is 15.5. The van der Waals surface area contributed by atoms with Gasteiger partial charge in [-0.05, 0) is 56.8 Å². The summed E-state index contributed by atoms with van der Waals surface area (Å²) in [5, 5.41) is 13.8. The first-order chi connectivity index (χ1) is 18.5. The van der Waals surface area contributed by atoms with E-state index in [0.717, 1.165) is 37.4 Å². The Morgan fingerprint density at radius 1 is 1.15 bits per heavy atom. The molecule has 10 nitrogen and oxygen atoms in total. The molecule has 2 aromatic heterocycles. The smallest absolute Gasteiger partial charge is 0.229 e. The van der Waals surface area contributed by atoms with Crippen molar-refractivity contribution < 1.29 is 9.32 Å². The lowest BCUT2D eigenvalue weighted by atomic mass is 9.81. The molecule has 1 aromatic carbocycles. The molecular weight excluding hydrogens is 512 g/mol. The number of aliphatic hydroxyl groups excluding tert-OH is 1. The lowest BCUT2D eigenvalue weighted by Crippen LogP contribution is -2.44. The van der Waals surface area contributed by atoms with E-state index >= 15 is 0 Å². The lowest BCUT2D eigenvalue weighted by Gasteiger charge is -2.35. The quantitative estimate of drug-likeness (QED) is 0.473. The average Bonchev–Trinajstić information content (AvgIpc) is 3.10. The average molecular weight is 551 g/mol. The van der Waals surface area contributed by atoms with Gasteiger partial charge in [-0.25, -0.2) is 14.2 Å². The van der Waals surface area contributed by atoms with E-state index < -0.39 is 15.1 Å². The highest BCUT2D eigenvalue weighted by Gasteiger charge is 2.47. The number of aryl methyl sites for hydroxylation is 1. The molecule has 2 aliphatic rings. The summed E-state index contributed by atoms with van der Waals surface area (Å²) in [4.78, 5) is 21.0. The minimum atomic E-state index is -2.36. The molecule has 0 radical (unpaired) electrons. The number of hydrogen-bond acceptors (Lipinski definition) is 10. The highest BCUT2D eigenvalue weighted by molar-refractivity contribution is 7.92. The number of likely N-dealkylation sites (N-methyl/N-ethyl adjacent to an activating group) is 1. The summed E-state index contributed by atoms with van der Waals surface area (Å²) < 4.78 is 16.6. The van der Waals surface area contributed by atoms with Gasteiger partial charge in [-0.15, -0.1) is 0 Å². The van der Waals surface area contributed by atoms with E-state index in [0.29, 0.717) is 23.4 Å². The Labute approximate surface area is 231 Å². The van der Waals surface area contributed by atoms with E-state index in [-0.39, 0.29) is 12.6 Å². The van der Waals surface area contributed by atoms with Crippen LogP contribution in [0.15, 0.2) is 47.0 Å². The number of aliphatic hydroxyl groups is 1. The van der Waals surface area contributed by atoms with Gasteiger partial charge in [0.15, 0.2) is 5.82 Å². The third-order valence-electron chi connectivity index (χ3n) is 7.83. The van der Waals surface area contributed by atoms with E-state index in [1.807, 2.05) is 30.9 Å². The molecule has 0 saturated carbocycles. The number of aromatic nitrogens is 3. The van der Waals surface area contributed by atoms with Crippen molar-refractivity contribution in [1.82, 2.24) is 19.9 Å². The van der Waals surface area contributed by atoms with Crippen LogP contribution >= 0.6 is 0 Å². The van der Waals surface area contributed by atoms with Gasteiger partial charge >= 0.3 is 0 Å². The maximum absolute atomic E-state index is 12.3. The van der Waals surface area contributed by atoms with Crippen LogP contribution in [0.25, 0.3) is 0 Å². The summed E-state index contributed by atoms with van der Waals surface area (Å²) in [7, 11) is -0.202. The molecule has 0 amide bonds. The van der Waals surface area contributed by atoms with Crippen molar-refractivity contribution in [2.24, 2.45) is 4.36 Å². The maximum Gasteiger partial charge on any atom is 0.229 e. The van der Waals surface area contributed by atoms with Crippen LogP contribution in [0.4, 0.5) is 34.8 Å². The molecule has 4 heterocycles. The Morgan fingerprint density at radius 3 is 2.56 bits per heavy atom. The zero-order valence-corrected chi connectivity index (χ0v) is 24.4. The summed E-state index contributed by atoms with van der Waals surface area (Å²) in [6.07, 6.45) is 4.97. The van der Waals surface area contributed by atoms with Crippen molar-refractivity contribution >= 4 is 44.5 Å². The molecule has 2 aliphatic heterocycles. The number of nitrogens with zero attached hydrogens (tertiary/aromatic N) is 7. The summed E-state index contributed by atoms with van der Waals surface area (Å²) in [5.74, 6) is 2.17. The second kappa shape index (κ2) is 10.4. The normalized spacial score (nSPS) is 21.7. The third kappa shape index (κ3) is 5.43. The molecule has 3 aromatic rings. The molecule has 2 N–H and O–H groups in total. The number of hydrogen-bond donors (Lipinski definition) is 2. The fourth-order valence-corrected chi connectivity index (χ4v) is 5.88. The monoisotopic (exact) mass is 550 g/mol. The van der Waals surface area contributed by atoms with Crippen LogP contribution in [0, 0.1) is 6.92 Å². The largest absolute Gasteiger partial charge is 0.395 e. The highest BCUT2D eigenvalue weighted by atomic mass is 32.2. The van der Waals surface area contributed by atoms with Crippen LogP contribution in [0.1, 0.15) is 25.0 Å². The van der Waals surface area contributed by atoms with Gasteiger partial charge in [-0.1, -0.05) is 13.0 Å². The minimum absolute atomic E-state index is 0.0669. The van der Waals surface area contributed by atoms with Crippen LogP contribution in [0.2, 0.25) is 0 Å². The second-order valence-electron chi connectivity index (χ2n) is 11.1. The Morgan fingerprint density at radius 2 is 1.90 bits per heavy atom. The van der Waals surface area contributed by atoms with E-state index in [2.05, 4.69) is 61.6 Å². The SMILES string of the molecule is Cc1cc(Nc2ncc3c(n2)N(c2cccc(N=S(C)(C)=O)n2)[C@H](C)[C@]3(C)CO)ccc1N1CCN(C)CC1. The molecule has 2 atom stereocenters. The van der Waals surface area contributed by atoms with Gasteiger partial charge < -0.3 is 25.1 Å². The third-order valence-corrected chi connectivity index (χ3v) is 8.45. The van der Waals surface area contributed by atoms with E-state index in [4.69, 9.17) is 4.98 Å². The van der Waals surface area contributed by atoms with Crippen LogP contribution in [-0.4, -0.2) is 87.6 Å². The molecule has 1 saturated heterocycles. The van der Waals surface area contributed by atoms with Crippen molar-refractivity contribution in [1.29, 1.82) is 0 Å². The first kappa shape index (κ1) is 27.3. The molecular formula is C28H38N8O2S. The maximum atomic E-state index is 12.3. The van der Waals surface area contributed by atoms with Gasteiger partial charge in [0.1, 0.15) is 11.6 Å².